The largest absolute Gasteiger partial charge is 0.497 e. The van der Waals surface area contributed by atoms with Crippen LogP contribution in [0.1, 0.15) is 42.3 Å². The first kappa shape index (κ1) is 19.6. The number of methoxy groups -OCH3 is 1. The van der Waals surface area contributed by atoms with Gasteiger partial charge in [0, 0.05) is 5.56 Å². The van der Waals surface area contributed by atoms with Crippen LogP contribution in [0, 0.1) is 0 Å². The van der Waals surface area contributed by atoms with Crippen LogP contribution >= 0.6 is 12.2 Å². The van der Waals surface area contributed by atoms with Gasteiger partial charge in [0.2, 0.25) is 0 Å². The average molecular weight is 369 g/mol. The van der Waals surface area contributed by atoms with Gasteiger partial charge in [0.05, 0.1) is 13.3 Å². The number of hydrogen-bond donors (Lipinski definition) is 2. The molecule has 136 valence electrons. The van der Waals surface area contributed by atoms with Gasteiger partial charge in [0.1, 0.15) is 5.75 Å². The summed E-state index contributed by atoms with van der Waals surface area (Å²) < 4.78 is 5.10. The molecule has 0 spiro atoms. The van der Waals surface area contributed by atoms with E-state index < -0.39 is 0 Å². The lowest BCUT2D eigenvalue weighted by Gasteiger charge is -2.19. The van der Waals surface area contributed by atoms with E-state index in [-0.39, 0.29) is 16.4 Å². The number of rotatable bonds is 4. The SMILES string of the molecule is COc1ccc(/C=N/NC(=S)NC(=O)c2ccc(C(C)(C)C)cc2)cc1. The summed E-state index contributed by atoms with van der Waals surface area (Å²) in [6, 6.07) is 14.9. The van der Waals surface area contributed by atoms with E-state index in [0.29, 0.717) is 5.56 Å². The number of amides is 1. The Labute approximate surface area is 159 Å². The van der Waals surface area contributed by atoms with E-state index in [1.807, 2.05) is 36.4 Å². The molecule has 5 nitrogen and oxygen atoms in total. The van der Waals surface area contributed by atoms with E-state index in [1.54, 1.807) is 25.5 Å². The van der Waals surface area contributed by atoms with Crippen LogP contribution in [0.2, 0.25) is 0 Å². The van der Waals surface area contributed by atoms with Gasteiger partial charge in [-0.15, -0.1) is 0 Å². The summed E-state index contributed by atoms with van der Waals surface area (Å²) in [5.74, 6) is 0.498. The van der Waals surface area contributed by atoms with Gasteiger partial charge < -0.3 is 4.74 Å². The second kappa shape index (κ2) is 8.58. The molecule has 0 aliphatic carbocycles. The maximum Gasteiger partial charge on any atom is 0.257 e. The zero-order valence-electron chi connectivity index (χ0n) is 15.4. The molecule has 0 fully saturated rings. The molecule has 2 aromatic carbocycles. The fourth-order valence-corrected chi connectivity index (χ4v) is 2.33. The normalized spacial score (nSPS) is 11.2. The highest BCUT2D eigenvalue weighted by Gasteiger charge is 2.14. The second-order valence-electron chi connectivity index (χ2n) is 6.75. The number of carbonyl (C=O) groups excluding carboxylic acids is 1. The van der Waals surface area contributed by atoms with Crippen molar-refractivity contribution in [2.75, 3.05) is 7.11 Å². The Hall–Kier alpha value is -2.73. The van der Waals surface area contributed by atoms with Crippen LogP contribution in [0.4, 0.5) is 0 Å². The van der Waals surface area contributed by atoms with Crippen molar-refractivity contribution in [2.24, 2.45) is 5.10 Å². The molecule has 1 amide bonds. The van der Waals surface area contributed by atoms with E-state index >= 15 is 0 Å². The predicted octanol–water partition coefficient (Wildman–Crippen LogP) is 3.63. The number of carbonyl (C=O) groups is 1. The van der Waals surface area contributed by atoms with Gasteiger partial charge in [-0.25, -0.2) is 0 Å². The van der Waals surface area contributed by atoms with E-state index in [1.165, 1.54) is 5.56 Å². The van der Waals surface area contributed by atoms with Crippen molar-refractivity contribution in [1.29, 1.82) is 0 Å². The summed E-state index contributed by atoms with van der Waals surface area (Å²) in [5, 5.41) is 6.76. The first-order chi connectivity index (χ1) is 12.3. The molecular formula is C20H23N3O2S. The Morgan fingerprint density at radius 2 is 1.69 bits per heavy atom. The fourth-order valence-electron chi connectivity index (χ4n) is 2.18. The minimum atomic E-state index is -0.275. The van der Waals surface area contributed by atoms with Crippen molar-refractivity contribution in [3.63, 3.8) is 0 Å². The highest BCUT2D eigenvalue weighted by molar-refractivity contribution is 7.80. The van der Waals surface area contributed by atoms with Crippen molar-refractivity contribution >= 4 is 29.5 Å². The van der Waals surface area contributed by atoms with Crippen molar-refractivity contribution in [3.05, 3.63) is 65.2 Å². The number of nitrogens with zero attached hydrogens (tertiary/aromatic N) is 1. The van der Waals surface area contributed by atoms with Gasteiger partial charge in [0.15, 0.2) is 5.11 Å². The maximum atomic E-state index is 12.2. The first-order valence-electron chi connectivity index (χ1n) is 8.18. The van der Waals surface area contributed by atoms with Gasteiger partial charge in [-0.2, -0.15) is 5.10 Å². The Bertz CT molecular complexity index is 791. The van der Waals surface area contributed by atoms with Gasteiger partial charge in [0.25, 0.3) is 5.91 Å². The molecule has 0 aromatic heterocycles. The van der Waals surface area contributed by atoms with Crippen molar-refractivity contribution in [2.45, 2.75) is 26.2 Å². The molecule has 0 unspecified atom stereocenters. The summed E-state index contributed by atoms with van der Waals surface area (Å²) in [7, 11) is 1.61. The van der Waals surface area contributed by atoms with Crippen LogP contribution in [-0.4, -0.2) is 24.3 Å². The van der Waals surface area contributed by atoms with E-state index in [2.05, 4.69) is 36.6 Å². The third-order valence-corrected chi connectivity index (χ3v) is 3.93. The summed E-state index contributed by atoms with van der Waals surface area (Å²) >= 11 is 5.09. The smallest absolute Gasteiger partial charge is 0.257 e. The number of nitrogens with one attached hydrogen (secondary N) is 2. The third kappa shape index (κ3) is 5.67. The second-order valence-corrected chi connectivity index (χ2v) is 7.16. The molecule has 0 atom stereocenters. The lowest BCUT2D eigenvalue weighted by molar-refractivity contribution is 0.0976. The van der Waals surface area contributed by atoms with Gasteiger partial charge >= 0.3 is 0 Å². The highest BCUT2D eigenvalue weighted by Crippen LogP contribution is 2.22. The van der Waals surface area contributed by atoms with Crippen molar-refractivity contribution in [1.82, 2.24) is 10.7 Å². The predicted molar refractivity (Wildman–Crippen MR) is 109 cm³/mol. The summed E-state index contributed by atoms with van der Waals surface area (Å²) in [6.07, 6.45) is 1.61. The Morgan fingerprint density at radius 3 is 2.23 bits per heavy atom. The van der Waals surface area contributed by atoms with Gasteiger partial charge in [-0.3, -0.25) is 15.5 Å². The van der Waals surface area contributed by atoms with Crippen LogP contribution in [0.25, 0.3) is 0 Å². The highest BCUT2D eigenvalue weighted by atomic mass is 32.1. The molecular weight excluding hydrogens is 346 g/mol. The molecule has 0 aliphatic rings. The van der Waals surface area contributed by atoms with Gasteiger partial charge in [-0.1, -0.05) is 32.9 Å². The third-order valence-electron chi connectivity index (χ3n) is 3.74. The zero-order valence-corrected chi connectivity index (χ0v) is 16.2. The van der Waals surface area contributed by atoms with Crippen LogP contribution in [0.5, 0.6) is 5.75 Å². The number of benzene rings is 2. The van der Waals surface area contributed by atoms with E-state index in [4.69, 9.17) is 17.0 Å². The molecule has 26 heavy (non-hydrogen) atoms. The summed E-state index contributed by atoms with van der Waals surface area (Å²) in [4.78, 5) is 12.2. The minimum absolute atomic E-state index is 0.0437. The van der Waals surface area contributed by atoms with E-state index in [0.717, 1.165) is 11.3 Å². The lowest BCUT2D eigenvalue weighted by atomic mass is 9.87. The fraction of sp³-hybridized carbons (Fsp3) is 0.250. The Balaban J connectivity index is 1.88. The van der Waals surface area contributed by atoms with Crippen LogP contribution in [0.3, 0.4) is 0 Å². The molecule has 2 rings (SSSR count). The topological polar surface area (TPSA) is 62.7 Å². The Kier molecular flexibility index (Phi) is 6.46. The number of hydrazone groups is 1. The van der Waals surface area contributed by atoms with E-state index in [9.17, 15) is 4.79 Å². The Morgan fingerprint density at radius 1 is 1.08 bits per heavy atom. The lowest BCUT2D eigenvalue weighted by Crippen LogP contribution is -2.36. The molecule has 0 heterocycles. The summed E-state index contributed by atoms with van der Waals surface area (Å²) in [5.41, 5.74) is 5.27. The first-order valence-corrected chi connectivity index (χ1v) is 8.59. The number of hydrogen-bond acceptors (Lipinski definition) is 4. The van der Waals surface area contributed by atoms with Gasteiger partial charge in [-0.05, 0) is 65.2 Å². The molecule has 2 aromatic rings. The average Bonchev–Trinajstić information content (AvgIpc) is 2.61. The van der Waals surface area contributed by atoms with Crippen molar-refractivity contribution in [3.8, 4) is 5.75 Å². The quantitative estimate of drug-likeness (QED) is 0.491. The monoisotopic (exact) mass is 369 g/mol. The van der Waals surface area contributed by atoms with Crippen LogP contribution in [0.15, 0.2) is 53.6 Å². The molecule has 0 bridgehead atoms. The molecule has 2 N–H and O–H groups in total. The van der Waals surface area contributed by atoms with Crippen LogP contribution < -0.4 is 15.5 Å². The zero-order chi connectivity index (χ0) is 19.2. The molecule has 0 aliphatic heterocycles. The number of ether oxygens (including phenoxy) is 1. The molecule has 6 heteroatoms. The molecule has 0 saturated carbocycles. The minimum Gasteiger partial charge on any atom is -0.497 e. The maximum absolute atomic E-state index is 12.2. The molecule has 0 saturated heterocycles. The summed E-state index contributed by atoms with van der Waals surface area (Å²) in [6.45, 7) is 6.38. The van der Waals surface area contributed by atoms with Crippen LogP contribution in [-0.2, 0) is 5.41 Å². The molecule has 0 radical (unpaired) electrons. The standard InChI is InChI=1S/C20H23N3O2S/c1-20(2,3)16-9-7-15(8-10-16)18(24)22-19(26)23-21-13-14-5-11-17(25-4)12-6-14/h5-13H,1-4H3,(H2,22,23,24,26)/b21-13+. The van der Waals surface area contributed by atoms with Crippen molar-refractivity contribution < 1.29 is 9.53 Å². The number of thiocarbonyl (C=S) groups is 1.